The Morgan fingerprint density at radius 2 is 1.97 bits per heavy atom. The number of carbonyl (C=O) groups excluding carboxylic acids is 1. The van der Waals surface area contributed by atoms with Gasteiger partial charge in [0.2, 0.25) is 5.91 Å². The zero-order chi connectivity index (χ0) is 23.8. The van der Waals surface area contributed by atoms with E-state index in [1.807, 2.05) is 0 Å². The lowest BCUT2D eigenvalue weighted by atomic mass is 10.1. The Bertz CT molecular complexity index is 1200. The first kappa shape index (κ1) is 23.9. The molecule has 0 bridgehead atoms. The smallest absolute Gasteiger partial charge is 0.273 e. The molecule has 0 aliphatic carbocycles. The predicted molar refractivity (Wildman–Crippen MR) is 124 cm³/mol. The number of nitrogens with one attached hydrogen (secondary N) is 1. The topological polar surface area (TPSA) is 103 Å². The molecule has 3 rings (SSSR count). The van der Waals surface area contributed by atoms with Crippen molar-refractivity contribution >= 4 is 33.7 Å². The summed E-state index contributed by atoms with van der Waals surface area (Å²) >= 11 is 3.42. The third kappa shape index (κ3) is 6.59. The van der Waals surface area contributed by atoms with Crippen molar-refractivity contribution in [1.82, 2.24) is 5.43 Å². The molecule has 0 spiro atoms. The van der Waals surface area contributed by atoms with Gasteiger partial charge in [-0.1, -0.05) is 30.3 Å². The van der Waals surface area contributed by atoms with Gasteiger partial charge in [0, 0.05) is 21.7 Å². The highest BCUT2D eigenvalue weighted by Gasteiger charge is 2.15. The number of nitro benzene ring substituents is 1. The summed E-state index contributed by atoms with van der Waals surface area (Å²) in [6, 6.07) is 15.4. The van der Waals surface area contributed by atoms with Crippen LogP contribution in [0.15, 0.2) is 70.2 Å². The standard InChI is InChI=1S/C23H19BrFN3O5/c1-32-21-10-17(19(24)12-22(21)33-14-15-5-4-7-18(25)9-15)13-26-27-23(29)11-16-6-2-3-8-20(16)28(30)31/h2-10,12-13H,11,14H2,1H3,(H,27,29)/b26-13+. The Morgan fingerprint density at radius 1 is 1.18 bits per heavy atom. The maximum Gasteiger partial charge on any atom is 0.273 e. The molecule has 3 aromatic carbocycles. The van der Waals surface area contributed by atoms with Crippen LogP contribution in [-0.2, 0) is 17.8 Å². The van der Waals surface area contributed by atoms with E-state index in [9.17, 15) is 19.3 Å². The van der Waals surface area contributed by atoms with E-state index in [1.54, 1.807) is 30.3 Å². The number of rotatable bonds is 9. The molecule has 33 heavy (non-hydrogen) atoms. The number of nitro groups is 1. The van der Waals surface area contributed by atoms with Crippen molar-refractivity contribution in [2.24, 2.45) is 5.10 Å². The molecule has 0 heterocycles. The number of benzene rings is 3. The van der Waals surface area contributed by atoms with Crippen LogP contribution in [0.5, 0.6) is 11.5 Å². The van der Waals surface area contributed by atoms with Crippen molar-refractivity contribution in [3.8, 4) is 11.5 Å². The second kappa shape index (κ2) is 11.2. The van der Waals surface area contributed by atoms with Gasteiger partial charge in [-0.2, -0.15) is 5.10 Å². The first-order valence-electron chi connectivity index (χ1n) is 9.66. The molecular weight excluding hydrogens is 497 g/mol. The largest absolute Gasteiger partial charge is 0.493 e. The van der Waals surface area contributed by atoms with Crippen LogP contribution in [0.3, 0.4) is 0 Å². The number of ether oxygens (including phenoxy) is 2. The van der Waals surface area contributed by atoms with E-state index < -0.39 is 10.8 Å². The number of amides is 1. The van der Waals surface area contributed by atoms with Gasteiger partial charge in [0.05, 0.1) is 24.7 Å². The number of hydrogen-bond donors (Lipinski definition) is 1. The lowest BCUT2D eigenvalue weighted by Crippen LogP contribution is -2.20. The van der Waals surface area contributed by atoms with E-state index in [0.717, 1.165) is 0 Å². The molecule has 0 atom stereocenters. The van der Waals surface area contributed by atoms with Crippen LogP contribution in [0.25, 0.3) is 0 Å². The molecule has 0 aliphatic rings. The highest BCUT2D eigenvalue weighted by Crippen LogP contribution is 2.33. The Balaban J connectivity index is 1.66. The molecule has 0 saturated carbocycles. The minimum atomic E-state index is -0.535. The average molecular weight is 516 g/mol. The monoisotopic (exact) mass is 515 g/mol. The van der Waals surface area contributed by atoms with Gasteiger partial charge in [-0.3, -0.25) is 14.9 Å². The molecule has 0 radical (unpaired) electrons. The molecular formula is C23H19BrFN3O5. The second-order valence-corrected chi connectivity index (χ2v) is 7.65. The van der Waals surface area contributed by atoms with Crippen LogP contribution < -0.4 is 14.9 Å². The van der Waals surface area contributed by atoms with Gasteiger partial charge >= 0.3 is 0 Å². The first-order chi connectivity index (χ1) is 15.9. The van der Waals surface area contributed by atoms with Crippen LogP contribution in [-0.4, -0.2) is 24.2 Å². The third-order valence-corrected chi connectivity index (χ3v) is 5.19. The van der Waals surface area contributed by atoms with E-state index in [1.165, 1.54) is 43.7 Å². The van der Waals surface area contributed by atoms with Gasteiger partial charge in [-0.25, -0.2) is 9.82 Å². The van der Waals surface area contributed by atoms with E-state index in [0.29, 0.717) is 27.1 Å². The molecule has 3 aromatic rings. The fourth-order valence-corrected chi connectivity index (χ4v) is 3.36. The van der Waals surface area contributed by atoms with Crippen LogP contribution in [0, 0.1) is 15.9 Å². The number of methoxy groups -OCH3 is 1. The summed E-state index contributed by atoms with van der Waals surface area (Å²) in [7, 11) is 1.48. The molecule has 0 aromatic heterocycles. The van der Waals surface area contributed by atoms with E-state index in [2.05, 4.69) is 26.5 Å². The van der Waals surface area contributed by atoms with Gasteiger partial charge in [-0.05, 0) is 45.8 Å². The Morgan fingerprint density at radius 3 is 2.70 bits per heavy atom. The van der Waals surface area contributed by atoms with Crippen molar-refractivity contribution in [3.63, 3.8) is 0 Å². The summed E-state index contributed by atoms with van der Waals surface area (Å²) < 4.78 is 25.1. The Labute approximate surface area is 197 Å². The van der Waals surface area contributed by atoms with E-state index in [4.69, 9.17) is 9.47 Å². The number of hydrazone groups is 1. The van der Waals surface area contributed by atoms with Crippen molar-refractivity contribution < 1.29 is 23.6 Å². The van der Waals surface area contributed by atoms with Crippen LogP contribution in [0.2, 0.25) is 0 Å². The molecule has 0 fully saturated rings. The summed E-state index contributed by atoms with van der Waals surface area (Å²) in [5, 5.41) is 15.0. The maximum absolute atomic E-state index is 13.3. The SMILES string of the molecule is COc1cc(/C=N/NC(=O)Cc2ccccc2[N+](=O)[O-])c(Br)cc1OCc1cccc(F)c1. The molecule has 10 heteroatoms. The number of hydrogen-bond acceptors (Lipinski definition) is 6. The van der Waals surface area contributed by atoms with Gasteiger partial charge in [0.15, 0.2) is 11.5 Å². The van der Waals surface area contributed by atoms with Crippen molar-refractivity contribution in [1.29, 1.82) is 0 Å². The van der Waals surface area contributed by atoms with Crippen molar-refractivity contribution in [2.75, 3.05) is 7.11 Å². The summed E-state index contributed by atoms with van der Waals surface area (Å²) in [6.07, 6.45) is 1.21. The number of halogens is 2. The highest BCUT2D eigenvalue weighted by atomic mass is 79.9. The summed E-state index contributed by atoms with van der Waals surface area (Å²) in [4.78, 5) is 22.7. The lowest BCUT2D eigenvalue weighted by Gasteiger charge is -2.13. The Kier molecular flexibility index (Phi) is 8.09. The normalized spacial score (nSPS) is 10.8. The predicted octanol–water partition coefficient (Wildman–Crippen LogP) is 4.78. The zero-order valence-electron chi connectivity index (χ0n) is 17.5. The molecule has 0 aliphatic heterocycles. The number of para-hydroxylation sites is 1. The zero-order valence-corrected chi connectivity index (χ0v) is 19.0. The fourth-order valence-electron chi connectivity index (χ4n) is 2.93. The summed E-state index contributed by atoms with van der Waals surface area (Å²) in [5.41, 5.74) is 3.78. The molecule has 8 nitrogen and oxygen atoms in total. The van der Waals surface area contributed by atoms with Crippen molar-refractivity contribution in [3.05, 3.63) is 97.8 Å². The van der Waals surface area contributed by atoms with E-state index >= 15 is 0 Å². The summed E-state index contributed by atoms with van der Waals surface area (Å²) in [5.74, 6) is 0.00639. The number of carbonyl (C=O) groups is 1. The van der Waals surface area contributed by atoms with Crippen molar-refractivity contribution in [2.45, 2.75) is 13.0 Å². The van der Waals surface area contributed by atoms with Crippen LogP contribution >= 0.6 is 15.9 Å². The minimum Gasteiger partial charge on any atom is -0.493 e. The lowest BCUT2D eigenvalue weighted by molar-refractivity contribution is -0.385. The van der Waals surface area contributed by atoms with Gasteiger partial charge in [0.1, 0.15) is 12.4 Å². The molecule has 1 N–H and O–H groups in total. The van der Waals surface area contributed by atoms with Gasteiger partial charge in [-0.15, -0.1) is 0 Å². The second-order valence-electron chi connectivity index (χ2n) is 6.80. The van der Waals surface area contributed by atoms with Gasteiger partial charge in [0.25, 0.3) is 5.69 Å². The molecule has 170 valence electrons. The fraction of sp³-hybridized carbons (Fsp3) is 0.130. The maximum atomic E-state index is 13.3. The quantitative estimate of drug-likeness (QED) is 0.251. The van der Waals surface area contributed by atoms with Crippen LogP contribution in [0.1, 0.15) is 16.7 Å². The average Bonchev–Trinajstić information content (AvgIpc) is 2.79. The van der Waals surface area contributed by atoms with Gasteiger partial charge < -0.3 is 9.47 Å². The molecule has 0 unspecified atom stereocenters. The summed E-state index contributed by atoms with van der Waals surface area (Å²) in [6.45, 7) is 0.148. The van der Waals surface area contributed by atoms with Crippen LogP contribution in [0.4, 0.5) is 10.1 Å². The van der Waals surface area contributed by atoms with E-state index in [-0.39, 0.29) is 30.1 Å². The molecule has 1 amide bonds. The number of nitrogens with zero attached hydrogens (tertiary/aromatic N) is 2. The first-order valence-corrected chi connectivity index (χ1v) is 10.5. The minimum absolute atomic E-state index is 0.127. The molecule has 0 saturated heterocycles. The highest BCUT2D eigenvalue weighted by molar-refractivity contribution is 9.10. The third-order valence-electron chi connectivity index (χ3n) is 4.50. The Hall–Kier alpha value is -3.79.